The summed E-state index contributed by atoms with van der Waals surface area (Å²) in [4.78, 5) is 16.1. The van der Waals surface area contributed by atoms with Gasteiger partial charge in [-0.1, -0.05) is 23.7 Å². The van der Waals surface area contributed by atoms with Gasteiger partial charge in [-0.05, 0) is 48.4 Å². The Balaban J connectivity index is 1.68. The first-order valence-electron chi connectivity index (χ1n) is 9.00. The molecule has 0 saturated carbocycles. The van der Waals surface area contributed by atoms with Crippen molar-refractivity contribution in [2.45, 2.75) is 17.9 Å². The van der Waals surface area contributed by atoms with Gasteiger partial charge in [-0.2, -0.15) is 4.31 Å². The molecule has 0 bridgehead atoms. The summed E-state index contributed by atoms with van der Waals surface area (Å²) in [5.74, 6) is -0.424. The van der Waals surface area contributed by atoms with Gasteiger partial charge in [0.05, 0.1) is 19.4 Å². The molecule has 0 aliphatic rings. The normalized spacial score (nSPS) is 11.6. The number of hydrogen-bond acceptors (Lipinski definition) is 5. The highest BCUT2D eigenvalue weighted by Gasteiger charge is 2.28. The zero-order valence-corrected chi connectivity index (χ0v) is 17.4. The Kier molecular flexibility index (Phi) is 7.20. The molecule has 3 rings (SSSR count). The van der Waals surface area contributed by atoms with E-state index in [1.54, 1.807) is 24.3 Å². The highest BCUT2D eigenvalue weighted by molar-refractivity contribution is 7.89. The van der Waals surface area contributed by atoms with Crippen molar-refractivity contribution in [3.05, 3.63) is 83.3 Å². The smallest absolute Gasteiger partial charge is 0.245 e. The summed E-state index contributed by atoms with van der Waals surface area (Å²) in [6.45, 7) is -0.250. The summed E-state index contributed by atoms with van der Waals surface area (Å²) < 4.78 is 45.2. The summed E-state index contributed by atoms with van der Waals surface area (Å²) in [7, 11) is -4.02. The third-order valence-electron chi connectivity index (χ3n) is 4.22. The van der Waals surface area contributed by atoms with Gasteiger partial charge in [-0.25, -0.2) is 17.8 Å². The van der Waals surface area contributed by atoms with E-state index in [1.807, 2.05) is 0 Å². The van der Waals surface area contributed by atoms with Gasteiger partial charge in [0.1, 0.15) is 21.6 Å². The number of carbonyl (C=O) groups excluding carboxylic acids is 1. The molecule has 0 radical (unpaired) electrons. The lowest BCUT2D eigenvalue weighted by Crippen LogP contribution is -2.40. The van der Waals surface area contributed by atoms with Gasteiger partial charge >= 0.3 is 0 Å². The first kappa shape index (κ1) is 21.9. The number of rotatable bonds is 9. The zero-order chi connectivity index (χ0) is 21.6. The highest BCUT2D eigenvalue weighted by Crippen LogP contribution is 2.19. The van der Waals surface area contributed by atoms with E-state index in [0.717, 1.165) is 16.1 Å². The molecule has 0 spiro atoms. The van der Waals surface area contributed by atoms with Crippen molar-refractivity contribution in [2.75, 3.05) is 13.1 Å². The monoisotopic (exact) mass is 451 g/mol. The molecule has 1 N–H and O–H groups in total. The van der Waals surface area contributed by atoms with E-state index < -0.39 is 22.5 Å². The van der Waals surface area contributed by atoms with Crippen molar-refractivity contribution in [1.29, 1.82) is 0 Å². The summed E-state index contributed by atoms with van der Waals surface area (Å²) >= 11 is 5.74. The minimum atomic E-state index is -4.02. The van der Waals surface area contributed by atoms with Crippen LogP contribution in [0.4, 0.5) is 4.39 Å². The van der Waals surface area contributed by atoms with Crippen LogP contribution in [0.2, 0.25) is 5.15 Å². The average molecular weight is 452 g/mol. The van der Waals surface area contributed by atoms with Crippen molar-refractivity contribution in [2.24, 2.45) is 0 Å². The molecule has 30 heavy (non-hydrogen) atoms. The van der Waals surface area contributed by atoms with Crippen LogP contribution in [-0.4, -0.2) is 36.7 Å². The van der Waals surface area contributed by atoms with Crippen LogP contribution >= 0.6 is 11.6 Å². The topological polar surface area (TPSA) is 92.5 Å². The summed E-state index contributed by atoms with van der Waals surface area (Å²) in [5, 5.41) is 2.84. The Labute approximate surface area is 178 Å². The van der Waals surface area contributed by atoms with Crippen LogP contribution in [0, 0.1) is 5.82 Å². The number of sulfonamides is 1. The fraction of sp³-hybridized carbons (Fsp3) is 0.200. The number of furan rings is 1. The molecule has 158 valence electrons. The van der Waals surface area contributed by atoms with Crippen LogP contribution in [-0.2, 0) is 27.8 Å². The molecular weight excluding hydrogens is 433 g/mol. The van der Waals surface area contributed by atoms with E-state index in [1.165, 1.54) is 30.5 Å². The molecule has 1 aromatic carbocycles. The summed E-state index contributed by atoms with van der Waals surface area (Å²) in [6.07, 6.45) is 3.05. The van der Waals surface area contributed by atoms with E-state index in [0.29, 0.717) is 12.2 Å². The third-order valence-corrected chi connectivity index (χ3v) is 6.22. The quantitative estimate of drug-likeness (QED) is 0.505. The van der Waals surface area contributed by atoms with Crippen molar-refractivity contribution in [1.82, 2.24) is 14.6 Å². The van der Waals surface area contributed by atoms with Crippen LogP contribution in [0.15, 0.2) is 70.3 Å². The number of nitrogens with one attached hydrogen (secondary N) is 1. The van der Waals surface area contributed by atoms with Gasteiger partial charge in [0.15, 0.2) is 0 Å². The Bertz CT molecular complexity index is 1070. The molecule has 10 heteroatoms. The maximum atomic E-state index is 13.0. The predicted molar refractivity (Wildman–Crippen MR) is 109 cm³/mol. The summed E-state index contributed by atoms with van der Waals surface area (Å²) in [5.41, 5.74) is 0.851. The van der Waals surface area contributed by atoms with Crippen LogP contribution in [0.25, 0.3) is 0 Å². The molecule has 0 fully saturated rings. The lowest BCUT2D eigenvalue weighted by atomic mass is 10.1. The number of nitrogens with zero attached hydrogens (tertiary/aromatic N) is 2. The molecule has 2 aromatic heterocycles. The highest BCUT2D eigenvalue weighted by atomic mass is 35.5. The van der Waals surface area contributed by atoms with Crippen molar-refractivity contribution < 1.29 is 22.0 Å². The molecule has 0 aliphatic heterocycles. The van der Waals surface area contributed by atoms with Crippen molar-refractivity contribution >= 4 is 27.5 Å². The second kappa shape index (κ2) is 9.84. The molecule has 0 saturated heterocycles. The van der Waals surface area contributed by atoms with Gasteiger partial charge in [0, 0.05) is 12.7 Å². The van der Waals surface area contributed by atoms with E-state index in [2.05, 4.69) is 10.3 Å². The lowest BCUT2D eigenvalue weighted by Gasteiger charge is -2.20. The summed E-state index contributed by atoms with van der Waals surface area (Å²) in [6, 6.07) is 11.9. The first-order valence-corrected chi connectivity index (χ1v) is 10.8. The Morgan fingerprint density at radius 1 is 1.17 bits per heavy atom. The first-order chi connectivity index (χ1) is 14.3. The van der Waals surface area contributed by atoms with Gasteiger partial charge in [-0.3, -0.25) is 4.79 Å². The van der Waals surface area contributed by atoms with Crippen LogP contribution in [0.1, 0.15) is 11.3 Å². The minimum Gasteiger partial charge on any atom is -0.468 e. The second-order valence-corrected chi connectivity index (χ2v) is 8.72. The Morgan fingerprint density at radius 3 is 2.57 bits per heavy atom. The SMILES string of the molecule is O=C(CN(Cc1ccco1)S(=O)(=O)c1ccc(Cl)nc1)NCCc1ccc(F)cc1. The number of amides is 1. The molecule has 3 aromatic rings. The molecule has 7 nitrogen and oxygen atoms in total. The largest absolute Gasteiger partial charge is 0.468 e. The number of benzene rings is 1. The third kappa shape index (κ3) is 5.88. The number of aromatic nitrogens is 1. The van der Waals surface area contributed by atoms with Gasteiger partial charge in [0.25, 0.3) is 0 Å². The predicted octanol–water partition coefficient (Wildman–Crippen LogP) is 3.02. The van der Waals surface area contributed by atoms with Crippen LogP contribution in [0.5, 0.6) is 0 Å². The standard InChI is InChI=1S/C20H19ClFN3O4S/c21-19-8-7-18(12-24-19)30(27,28)25(13-17-2-1-11-29-17)14-20(26)23-10-9-15-3-5-16(22)6-4-15/h1-8,11-12H,9-10,13-14H2,(H,23,26). The van der Waals surface area contributed by atoms with Gasteiger partial charge in [0.2, 0.25) is 15.9 Å². The fourth-order valence-corrected chi connectivity index (χ4v) is 4.10. The molecule has 0 atom stereocenters. The van der Waals surface area contributed by atoms with Crippen LogP contribution < -0.4 is 5.32 Å². The zero-order valence-electron chi connectivity index (χ0n) is 15.8. The fourth-order valence-electron chi connectivity index (χ4n) is 2.68. The van der Waals surface area contributed by atoms with E-state index in [4.69, 9.17) is 16.0 Å². The van der Waals surface area contributed by atoms with E-state index >= 15 is 0 Å². The molecule has 0 unspecified atom stereocenters. The number of pyridine rings is 1. The van der Waals surface area contributed by atoms with Crippen molar-refractivity contribution in [3.63, 3.8) is 0 Å². The molecular formula is C20H19ClFN3O4S. The Morgan fingerprint density at radius 2 is 1.93 bits per heavy atom. The maximum absolute atomic E-state index is 13.0. The Hall–Kier alpha value is -2.75. The number of hydrogen-bond donors (Lipinski definition) is 1. The minimum absolute atomic E-state index is 0.0856. The second-order valence-electron chi connectivity index (χ2n) is 6.40. The van der Waals surface area contributed by atoms with Crippen LogP contribution in [0.3, 0.4) is 0 Å². The van der Waals surface area contributed by atoms with Gasteiger partial charge in [-0.15, -0.1) is 0 Å². The number of halogens is 2. The maximum Gasteiger partial charge on any atom is 0.245 e. The van der Waals surface area contributed by atoms with E-state index in [-0.39, 0.29) is 29.0 Å². The molecule has 1 amide bonds. The van der Waals surface area contributed by atoms with Crippen molar-refractivity contribution in [3.8, 4) is 0 Å². The average Bonchev–Trinajstić information content (AvgIpc) is 3.22. The lowest BCUT2D eigenvalue weighted by molar-refractivity contribution is -0.121. The number of carbonyl (C=O) groups is 1. The van der Waals surface area contributed by atoms with Gasteiger partial charge < -0.3 is 9.73 Å². The van der Waals surface area contributed by atoms with E-state index in [9.17, 15) is 17.6 Å². The molecule has 0 aliphatic carbocycles. The molecule has 2 heterocycles.